The Bertz CT molecular complexity index is 306. The maximum absolute atomic E-state index is 11.4. The minimum atomic E-state index is -1.02. The molecule has 0 bridgehead atoms. The maximum Gasteiger partial charge on any atom is 0.304 e. The molecule has 7 nitrogen and oxygen atoms in total. The minimum absolute atomic E-state index is 0.164. The van der Waals surface area contributed by atoms with Gasteiger partial charge in [-0.15, -0.1) is 0 Å². The van der Waals surface area contributed by atoms with Crippen LogP contribution in [0.4, 0.5) is 0 Å². The second-order valence-electron chi connectivity index (χ2n) is 4.09. The lowest BCUT2D eigenvalue weighted by molar-refractivity contribution is -0.140. The zero-order valence-corrected chi connectivity index (χ0v) is 11.4. The molecule has 0 heterocycles. The molecule has 0 radical (unpaired) electrons. The lowest BCUT2D eigenvalue weighted by Gasteiger charge is -2.10. The SMILES string of the molecule is CCOCCNC(=O)CCNC(=O)C(C)CC(=O)O. The van der Waals surface area contributed by atoms with Gasteiger partial charge in [0.05, 0.1) is 13.0 Å². The highest BCUT2D eigenvalue weighted by Crippen LogP contribution is 2.01. The third kappa shape index (κ3) is 10.0. The number of carboxylic acid groups (broad SMARTS) is 1. The van der Waals surface area contributed by atoms with Crippen molar-refractivity contribution in [2.45, 2.75) is 26.7 Å². The number of amides is 2. The maximum atomic E-state index is 11.4. The zero-order valence-electron chi connectivity index (χ0n) is 11.4. The van der Waals surface area contributed by atoms with Crippen LogP contribution < -0.4 is 10.6 Å². The molecule has 0 aliphatic carbocycles. The van der Waals surface area contributed by atoms with E-state index in [-0.39, 0.29) is 31.2 Å². The van der Waals surface area contributed by atoms with Gasteiger partial charge in [0, 0.05) is 32.0 Å². The van der Waals surface area contributed by atoms with Gasteiger partial charge in [0.25, 0.3) is 0 Å². The molecule has 7 heteroatoms. The summed E-state index contributed by atoms with van der Waals surface area (Å²) < 4.78 is 5.05. The predicted octanol–water partition coefficient (Wildman–Crippen LogP) is -0.244. The highest BCUT2D eigenvalue weighted by Gasteiger charge is 2.15. The summed E-state index contributed by atoms with van der Waals surface area (Å²) in [6, 6.07) is 0. The molecule has 19 heavy (non-hydrogen) atoms. The summed E-state index contributed by atoms with van der Waals surface area (Å²) in [6.07, 6.45) is -0.0515. The van der Waals surface area contributed by atoms with Crippen molar-refractivity contribution in [1.82, 2.24) is 10.6 Å². The predicted molar refractivity (Wildman–Crippen MR) is 68.5 cm³/mol. The summed E-state index contributed by atoms with van der Waals surface area (Å²) in [5, 5.41) is 13.7. The third-order valence-electron chi connectivity index (χ3n) is 2.35. The molecule has 0 fully saturated rings. The van der Waals surface area contributed by atoms with E-state index in [9.17, 15) is 14.4 Å². The van der Waals surface area contributed by atoms with E-state index in [0.29, 0.717) is 19.8 Å². The van der Waals surface area contributed by atoms with Gasteiger partial charge in [0.15, 0.2) is 0 Å². The molecule has 0 aromatic carbocycles. The van der Waals surface area contributed by atoms with Gasteiger partial charge >= 0.3 is 5.97 Å². The molecular formula is C12H22N2O5. The highest BCUT2D eigenvalue weighted by molar-refractivity contribution is 5.83. The number of hydrogen-bond donors (Lipinski definition) is 3. The zero-order chi connectivity index (χ0) is 14.7. The summed E-state index contributed by atoms with van der Waals surface area (Å²) in [4.78, 5) is 33.2. The molecule has 0 saturated carbocycles. The van der Waals surface area contributed by atoms with Gasteiger partial charge < -0.3 is 20.5 Å². The molecule has 0 rings (SSSR count). The number of carbonyl (C=O) groups excluding carboxylic acids is 2. The molecule has 110 valence electrons. The fourth-order valence-corrected chi connectivity index (χ4v) is 1.32. The van der Waals surface area contributed by atoms with Crippen LogP contribution in [0.1, 0.15) is 26.7 Å². The van der Waals surface area contributed by atoms with Gasteiger partial charge in [-0.2, -0.15) is 0 Å². The summed E-state index contributed by atoms with van der Waals surface area (Å²) >= 11 is 0. The smallest absolute Gasteiger partial charge is 0.304 e. The molecule has 0 spiro atoms. The number of carboxylic acids is 1. The Balaban J connectivity index is 3.63. The van der Waals surface area contributed by atoms with Crippen LogP contribution in [0.5, 0.6) is 0 Å². The Morgan fingerprint density at radius 2 is 1.89 bits per heavy atom. The molecule has 1 atom stereocenters. The fraction of sp³-hybridized carbons (Fsp3) is 0.750. The number of rotatable bonds is 10. The van der Waals surface area contributed by atoms with E-state index in [2.05, 4.69) is 10.6 Å². The van der Waals surface area contributed by atoms with Crippen molar-refractivity contribution in [2.75, 3.05) is 26.3 Å². The van der Waals surface area contributed by atoms with Crippen molar-refractivity contribution >= 4 is 17.8 Å². The molecule has 3 N–H and O–H groups in total. The van der Waals surface area contributed by atoms with Gasteiger partial charge in [-0.05, 0) is 6.92 Å². The largest absolute Gasteiger partial charge is 0.481 e. The van der Waals surface area contributed by atoms with Gasteiger partial charge in [0.1, 0.15) is 0 Å². The van der Waals surface area contributed by atoms with Crippen LogP contribution in [-0.4, -0.2) is 49.2 Å². The van der Waals surface area contributed by atoms with Gasteiger partial charge in [-0.25, -0.2) is 0 Å². The van der Waals surface area contributed by atoms with Crippen LogP contribution in [0.2, 0.25) is 0 Å². The van der Waals surface area contributed by atoms with Crippen LogP contribution in [0.15, 0.2) is 0 Å². The normalized spacial score (nSPS) is 11.7. The van der Waals surface area contributed by atoms with Crippen molar-refractivity contribution in [3.8, 4) is 0 Å². The van der Waals surface area contributed by atoms with E-state index in [4.69, 9.17) is 9.84 Å². The first-order chi connectivity index (χ1) is 8.97. The number of aliphatic carboxylic acids is 1. The Morgan fingerprint density at radius 3 is 2.47 bits per heavy atom. The molecule has 0 aromatic rings. The first kappa shape index (κ1) is 17.4. The van der Waals surface area contributed by atoms with Gasteiger partial charge in [-0.3, -0.25) is 14.4 Å². The Labute approximate surface area is 112 Å². The standard InChI is InChI=1S/C12H22N2O5/c1-3-19-7-6-13-10(15)4-5-14-12(18)9(2)8-11(16)17/h9H,3-8H2,1-2H3,(H,13,15)(H,14,18)(H,16,17). The topological polar surface area (TPSA) is 105 Å². The summed E-state index contributed by atoms with van der Waals surface area (Å²) in [6.45, 7) is 5.11. The van der Waals surface area contributed by atoms with Crippen molar-refractivity contribution in [3.63, 3.8) is 0 Å². The first-order valence-corrected chi connectivity index (χ1v) is 6.31. The third-order valence-corrected chi connectivity index (χ3v) is 2.35. The summed E-state index contributed by atoms with van der Waals surface area (Å²) in [5.41, 5.74) is 0. The fourth-order valence-electron chi connectivity index (χ4n) is 1.32. The second-order valence-corrected chi connectivity index (χ2v) is 4.09. The molecule has 0 aromatic heterocycles. The monoisotopic (exact) mass is 274 g/mol. The number of hydrogen-bond acceptors (Lipinski definition) is 4. The van der Waals surface area contributed by atoms with Crippen LogP contribution in [0.3, 0.4) is 0 Å². The van der Waals surface area contributed by atoms with E-state index in [1.54, 1.807) is 0 Å². The van der Waals surface area contributed by atoms with Crippen LogP contribution in [0, 0.1) is 5.92 Å². The molecule has 2 amide bonds. The van der Waals surface area contributed by atoms with E-state index in [1.165, 1.54) is 6.92 Å². The average Bonchev–Trinajstić information content (AvgIpc) is 2.33. The second kappa shape index (κ2) is 10.3. The van der Waals surface area contributed by atoms with E-state index < -0.39 is 11.9 Å². The number of ether oxygens (including phenoxy) is 1. The Hall–Kier alpha value is -1.63. The molecule has 0 saturated heterocycles. The molecule has 0 aliphatic heterocycles. The number of carbonyl (C=O) groups is 3. The quantitative estimate of drug-likeness (QED) is 0.477. The first-order valence-electron chi connectivity index (χ1n) is 6.31. The molecule has 1 unspecified atom stereocenters. The summed E-state index contributed by atoms with van der Waals surface area (Å²) in [5.74, 6) is -2.15. The van der Waals surface area contributed by atoms with Crippen LogP contribution in [0.25, 0.3) is 0 Å². The Morgan fingerprint density at radius 1 is 1.21 bits per heavy atom. The van der Waals surface area contributed by atoms with Crippen molar-refractivity contribution in [2.24, 2.45) is 5.92 Å². The van der Waals surface area contributed by atoms with E-state index >= 15 is 0 Å². The van der Waals surface area contributed by atoms with E-state index in [0.717, 1.165) is 0 Å². The highest BCUT2D eigenvalue weighted by atomic mass is 16.5. The van der Waals surface area contributed by atoms with Crippen molar-refractivity contribution in [1.29, 1.82) is 0 Å². The van der Waals surface area contributed by atoms with Crippen molar-refractivity contribution < 1.29 is 24.2 Å². The van der Waals surface area contributed by atoms with Crippen LogP contribution >= 0.6 is 0 Å². The van der Waals surface area contributed by atoms with Crippen LogP contribution in [-0.2, 0) is 19.1 Å². The van der Waals surface area contributed by atoms with Crippen molar-refractivity contribution in [3.05, 3.63) is 0 Å². The van der Waals surface area contributed by atoms with Gasteiger partial charge in [0.2, 0.25) is 11.8 Å². The molecular weight excluding hydrogens is 252 g/mol. The lowest BCUT2D eigenvalue weighted by Crippen LogP contribution is -2.35. The minimum Gasteiger partial charge on any atom is -0.481 e. The number of nitrogens with one attached hydrogen (secondary N) is 2. The molecule has 0 aliphatic rings. The lowest BCUT2D eigenvalue weighted by atomic mass is 10.1. The van der Waals surface area contributed by atoms with Gasteiger partial charge in [-0.1, -0.05) is 6.92 Å². The Kier molecular flexibility index (Phi) is 9.42. The summed E-state index contributed by atoms with van der Waals surface area (Å²) in [7, 11) is 0. The van der Waals surface area contributed by atoms with E-state index in [1.807, 2.05) is 6.92 Å². The average molecular weight is 274 g/mol.